The summed E-state index contributed by atoms with van der Waals surface area (Å²) in [6.45, 7) is 0.972. The molecular weight excluding hydrogens is 210 g/mol. The van der Waals surface area contributed by atoms with Crippen LogP contribution in [0.5, 0.6) is 5.75 Å². The number of nitrogens with one attached hydrogen (secondary N) is 1. The van der Waals surface area contributed by atoms with E-state index in [2.05, 4.69) is 15.3 Å². The van der Waals surface area contributed by atoms with Crippen molar-refractivity contribution in [1.29, 1.82) is 0 Å². The first-order chi connectivity index (χ1) is 7.38. The molecule has 0 bridgehead atoms. The van der Waals surface area contributed by atoms with Crippen molar-refractivity contribution in [2.75, 3.05) is 30.5 Å². The molecule has 0 aromatic carbocycles. The van der Waals surface area contributed by atoms with Gasteiger partial charge in [0.15, 0.2) is 5.75 Å². The van der Waals surface area contributed by atoms with Crippen molar-refractivity contribution in [2.45, 2.75) is 6.42 Å². The number of nitrogens with zero attached hydrogens (tertiary/aromatic N) is 2. The van der Waals surface area contributed by atoms with Gasteiger partial charge in [0.25, 0.3) is 0 Å². The minimum Gasteiger partial charge on any atom is -0.494 e. The van der Waals surface area contributed by atoms with Crippen molar-refractivity contribution in [3.8, 4) is 5.75 Å². The van der Waals surface area contributed by atoms with Crippen LogP contribution in [-0.4, -0.2) is 35.1 Å². The molecule has 1 aromatic rings. The van der Waals surface area contributed by atoms with Gasteiger partial charge in [0.2, 0.25) is 5.95 Å². The molecule has 15 heavy (non-hydrogen) atoms. The normalized spacial score (nSPS) is 20.2. The first kappa shape index (κ1) is 10.5. The Bertz CT molecular complexity index is 298. The lowest BCUT2D eigenvalue weighted by Crippen LogP contribution is -2.14. The second-order valence-corrected chi connectivity index (χ2v) is 4.71. The van der Waals surface area contributed by atoms with Gasteiger partial charge < -0.3 is 10.1 Å². The van der Waals surface area contributed by atoms with E-state index in [0.717, 1.165) is 12.5 Å². The zero-order valence-electron chi connectivity index (χ0n) is 8.77. The van der Waals surface area contributed by atoms with Gasteiger partial charge in [-0.1, -0.05) is 0 Å². The lowest BCUT2D eigenvalue weighted by atomic mass is 10.1. The van der Waals surface area contributed by atoms with Gasteiger partial charge in [0, 0.05) is 6.54 Å². The van der Waals surface area contributed by atoms with Crippen LogP contribution in [0.2, 0.25) is 0 Å². The predicted molar refractivity (Wildman–Crippen MR) is 62.5 cm³/mol. The lowest BCUT2D eigenvalue weighted by Gasteiger charge is -2.09. The van der Waals surface area contributed by atoms with Gasteiger partial charge in [-0.2, -0.15) is 11.8 Å². The van der Waals surface area contributed by atoms with Crippen LogP contribution in [0.25, 0.3) is 0 Å². The summed E-state index contributed by atoms with van der Waals surface area (Å²) in [6, 6.07) is 0. The van der Waals surface area contributed by atoms with E-state index in [1.807, 2.05) is 11.8 Å². The zero-order chi connectivity index (χ0) is 10.5. The minimum absolute atomic E-state index is 0.688. The lowest BCUT2D eigenvalue weighted by molar-refractivity contribution is 0.411. The van der Waals surface area contributed by atoms with E-state index in [-0.39, 0.29) is 0 Å². The van der Waals surface area contributed by atoms with Crippen LogP contribution in [0.4, 0.5) is 5.95 Å². The fourth-order valence-electron chi connectivity index (χ4n) is 1.49. The number of hydrogen-bond donors (Lipinski definition) is 1. The Morgan fingerprint density at radius 2 is 2.33 bits per heavy atom. The fraction of sp³-hybridized carbons (Fsp3) is 0.600. The monoisotopic (exact) mass is 225 g/mol. The van der Waals surface area contributed by atoms with Gasteiger partial charge >= 0.3 is 0 Å². The molecule has 0 radical (unpaired) electrons. The highest BCUT2D eigenvalue weighted by Crippen LogP contribution is 2.23. The fourth-order valence-corrected chi connectivity index (χ4v) is 2.78. The van der Waals surface area contributed by atoms with Gasteiger partial charge in [-0.3, -0.25) is 0 Å². The number of aromatic nitrogens is 2. The second kappa shape index (κ2) is 5.21. The molecule has 1 fully saturated rings. The molecule has 82 valence electrons. The summed E-state index contributed by atoms with van der Waals surface area (Å²) in [6.07, 6.45) is 4.66. The Morgan fingerprint density at radius 1 is 1.53 bits per heavy atom. The largest absolute Gasteiger partial charge is 0.494 e. The molecule has 1 aliphatic rings. The number of anilines is 1. The predicted octanol–water partition coefficient (Wildman–Crippen LogP) is 1.65. The average Bonchev–Trinajstić information content (AvgIpc) is 2.80. The molecule has 2 heterocycles. The van der Waals surface area contributed by atoms with Crippen LogP contribution in [0.1, 0.15) is 6.42 Å². The van der Waals surface area contributed by atoms with Crippen LogP contribution in [0.3, 0.4) is 0 Å². The first-order valence-corrected chi connectivity index (χ1v) is 6.21. The SMILES string of the molecule is COc1cnc(NCC2CCSC2)nc1. The summed E-state index contributed by atoms with van der Waals surface area (Å²) in [4.78, 5) is 8.31. The van der Waals surface area contributed by atoms with Crippen molar-refractivity contribution >= 4 is 17.7 Å². The van der Waals surface area contributed by atoms with Gasteiger partial charge in [-0.25, -0.2) is 9.97 Å². The first-order valence-electron chi connectivity index (χ1n) is 5.06. The van der Waals surface area contributed by atoms with Gasteiger partial charge in [0.1, 0.15) is 0 Å². The molecule has 1 unspecified atom stereocenters. The molecule has 1 atom stereocenters. The smallest absolute Gasteiger partial charge is 0.222 e. The van der Waals surface area contributed by atoms with E-state index in [1.165, 1.54) is 17.9 Å². The van der Waals surface area contributed by atoms with E-state index in [1.54, 1.807) is 19.5 Å². The van der Waals surface area contributed by atoms with Crippen molar-refractivity contribution in [1.82, 2.24) is 9.97 Å². The highest BCUT2D eigenvalue weighted by atomic mass is 32.2. The number of thioether (sulfide) groups is 1. The summed E-state index contributed by atoms with van der Waals surface area (Å²) in [7, 11) is 1.61. The van der Waals surface area contributed by atoms with Crippen LogP contribution in [-0.2, 0) is 0 Å². The molecule has 0 spiro atoms. The molecule has 1 aromatic heterocycles. The Hall–Kier alpha value is -0.970. The summed E-state index contributed by atoms with van der Waals surface area (Å²) in [5.74, 6) is 4.68. The molecule has 0 saturated carbocycles. The Morgan fingerprint density at radius 3 is 2.93 bits per heavy atom. The van der Waals surface area contributed by atoms with Crippen LogP contribution >= 0.6 is 11.8 Å². The molecule has 1 aliphatic heterocycles. The summed E-state index contributed by atoms with van der Waals surface area (Å²) >= 11 is 2.02. The maximum atomic E-state index is 4.99. The third-order valence-corrected chi connectivity index (χ3v) is 3.67. The van der Waals surface area contributed by atoms with E-state index in [9.17, 15) is 0 Å². The van der Waals surface area contributed by atoms with Crippen molar-refractivity contribution < 1.29 is 4.74 Å². The van der Waals surface area contributed by atoms with E-state index in [0.29, 0.717) is 11.7 Å². The van der Waals surface area contributed by atoms with E-state index >= 15 is 0 Å². The number of methoxy groups -OCH3 is 1. The molecule has 2 rings (SSSR count). The number of ether oxygens (including phenoxy) is 1. The van der Waals surface area contributed by atoms with Gasteiger partial charge in [-0.15, -0.1) is 0 Å². The van der Waals surface area contributed by atoms with E-state index < -0.39 is 0 Å². The molecule has 5 heteroatoms. The number of rotatable bonds is 4. The van der Waals surface area contributed by atoms with Crippen LogP contribution in [0, 0.1) is 5.92 Å². The Kier molecular flexibility index (Phi) is 3.66. The van der Waals surface area contributed by atoms with Gasteiger partial charge in [-0.05, 0) is 23.8 Å². The molecule has 4 nitrogen and oxygen atoms in total. The van der Waals surface area contributed by atoms with Crippen molar-refractivity contribution in [2.24, 2.45) is 5.92 Å². The van der Waals surface area contributed by atoms with Crippen LogP contribution in [0.15, 0.2) is 12.4 Å². The second-order valence-electron chi connectivity index (χ2n) is 3.56. The molecule has 0 amide bonds. The third kappa shape index (κ3) is 2.99. The zero-order valence-corrected chi connectivity index (χ0v) is 9.59. The van der Waals surface area contributed by atoms with Crippen molar-refractivity contribution in [3.05, 3.63) is 12.4 Å². The van der Waals surface area contributed by atoms with Gasteiger partial charge in [0.05, 0.1) is 19.5 Å². The molecule has 1 saturated heterocycles. The molecule has 1 N–H and O–H groups in total. The molecular formula is C10H15N3OS. The van der Waals surface area contributed by atoms with Crippen LogP contribution < -0.4 is 10.1 Å². The topological polar surface area (TPSA) is 47.0 Å². The highest BCUT2D eigenvalue weighted by molar-refractivity contribution is 7.99. The maximum Gasteiger partial charge on any atom is 0.222 e. The minimum atomic E-state index is 0.688. The maximum absolute atomic E-state index is 4.99. The van der Waals surface area contributed by atoms with E-state index in [4.69, 9.17) is 4.74 Å². The standard InChI is InChI=1S/C10H15N3OS/c1-14-9-5-12-10(13-6-9)11-4-8-2-3-15-7-8/h5-6,8H,2-4,7H2,1H3,(H,11,12,13). The molecule has 0 aliphatic carbocycles. The average molecular weight is 225 g/mol. The third-order valence-electron chi connectivity index (χ3n) is 2.44. The van der Waals surface area contributed by atoms with Crippen molar-refractivity contribution in [3.63, 3.8) is 0 Å². The quantitative estimate of drug-likeness (QED) is 0.844. The summed E-state index contributed by atoms with van der Waals surface area (Å²) in [5, 5.41) is 3.25. The number of hydrogen-bond acceptors (Lipinski definition) is 5. The Labute approximate surface area is 93.8 Å². The highest BCUT2D eigenvalue weighted by Gasteiger charge is 2.15. The Balaban J connectivity index is 1.82. The summed E-state index contributed by atoms with van der Waals surface area (Å²) in [5.41, 5.74) is 0. The summed E-state index contributed by atoms with van der Waals surface area (Å²) < 4.78 is 4.99.